The van der Waals surface area contributed by atoms with Crippen molar-refractivity contribution < 1.29 is 0 Å². The lowest BCUT2D eigenvalue weighted by Crippen LogP contribution is -2.14. The summed E-state index contributed by atoms with van der Waals surface area (Å²) in [6, 6.07) is 4.04. The van der Waals surface area contributed by atoms with E-state index < -0.39 is 0 Å². The van der Waals surface area contributed by atoms with Crippen molar-refractivity contribution in [2.24, 2.45) is 12.8 Å². The Bertz CT molecular complexity index is 525. The van der Waals surface area contributed by atoms with Gasteiger partial charge in [0, 0.05) is 25.0 Å². The summed E-state index contributed by atoms with van der Waals surface area (Å²) in [5.41, 5.74) is 8.88. The predicted molar refractivity (Wildman–Crippen MR) is 69.1 cm³/mol. The molecule has 2 aromatic heterocycles. The fraction of sp³-hybridized carbons (Fsp3) is 0.417. The fourth-order valence-corrected chi connectivity index (χ4v) is 2.22. The Balaban J connectivity index is 2.35. The van der Waals surface area contributed by atoms with Gasteiger partial charge in [-0.15, -0.1) is 0 Å². The molecule has 0 spiro atoms. The molecule has 17 heavy (non-hydrogen) atoms. The Kier molecular flexibility index (Phi) is 3.26. The first-order valence-corrected chi connectivity index (χ1v) is 5.97. The second-order valence-corrected chi connectivity index (χ2v) is 4.70. The number of halogens is 1. The van der Waals surface area contributed by atoms with Crippen LogP contribution < -0.4 is 5.73 Å². The van der Waals surface area contributed by atoms with Crippen molar-refractivity contribution in [3.63, 3.8) is 0 Å². The van der Waals surface area contributed by atoms with Gasteiger partial charge in [0.25, 0.3) is 0 Å². The first kappa shape index (κ1) is 12.2. The van der Waals surface area contributed by atoms with E-state index >= 15 is 0 Å². The third kappa shape index (κ3) is 2.23. The van der Waals surface area contributed by atoms with Gasteiger partial charge in [0.2, 0.25) is 0 Å². The van der Waals surface area contributed by atoms with Crippen LogP contribution in [0, 0.1) is 6.92 Å². The first-order valence-electron chi connectivity index (χ1n) is 5.59. The first-order chi connectivity index (χ1) is 8.00. The molecule has 1 unspecified atom stereocenters. The van der Waals surface area contributed by atoms with E-state index in [0.717, 1.165) is 22.1 Å². The molecule has 0 fully saturated rings. The fourth-order valence-electron chi connectivity index (χ4n) is 2.00. The van der Waals surface area contributed by atoms with Crippen molar-refractivity contribution in [3.05, 3.63) is 40.4 Å². The molecule has 0 aliphatic carbocycles. The van der Waals surface area contributed by atoms with Gasteiger partial charge >= 0.3 is 0 Å². The van der Waals surface area contributed by atoms with Gasteiger partial charge in [-0.1, -0.05) is 11.6 Å². The highest BCUT2D eigenvalue weighted by Crippen LogP contribution is 2.22. The van der Waals surface area contributed by atoms with Gasteiger partial charge in [0.1, 0.15) is 0 Å². The van der Waals surface area contributed by atoms with E-state index in [4.69, 9.17) is 17.3 Å². The maximum Gasteiger partial charge on any atom is 0.0865 e. The zero-order chi connectivity index (χ0) is 12.6. The van der Waals surface area contributed by atoms with Crippen LogP contribution in [-0.2, 0) is 13.6 Å². The average Bonchev–Trinajstić information content (AvgIpc) is 2.80. The molecule has 0 radical (unpaired) electrons. The van der Waals surface area contributed by atoms with Crippen molar-refractivity contribution in [2.75, 3.05) is 0 Å². The largest absolute Gasteiger partial charge is 0.344 e. The van der Waals surface area contributed by atoms with E-state index in [0.29, 0.717) is 6.54 Å². The van der Waals surface area contributed by atoms with Crippen LogP contribution in [0.5, 0.6) is 0 Å². The molecule has 0 bridgehead atoms. The van der Waals surface area contributed by atoms with Crippen molar-refractivity contribution in [3.8, 4) is 0 Å². The highest BCUT2D eigenvalue weighted by atomic mass is 35.5. The second-order valence-electron chi connectivity index (χ2n) is 4.32. The molecule has 0 saturated carbocycles. The normalized spacial score (nSPS) is 13.0. The van der Waals surface area contributed by atoms with Gasteiger partial charge < -0.3 is 10.3 Å². The minimum absolute atomic E-state index is 0.0121. The molecule has 2 heterocycles. The minimum atomic E-state index is 0.0121. The number of hydrogen-bond donors (Lipinski definition) is 1. The second kappa shape index (κ2) is 4.55. The molecule has 5 heteroatoms. The van der Waals surface area contributed by atoms with Gasteiger partial charge in [0.15, 0.2) is 0 Å². The van der Waals surface area contributed by atoms with Gasteiger partial charge in [-0.2, -0.15) is 5.10 Å². The SMILES string of the molecule is Cc1nn(C)c(Cn2cccc2C(C)N)c1Cl. The molecule has 2 rings (SSSR count). The molecule has 0 aliphatic rings. The summed E-state index contributed by atoms with van der Waals surface area (Å²) in [7, 11) is 1.91. The average molecular weight is 253 g/mol. The molecule has 0 aromatic carbocycles. The zero-order valence-electron chi connectivity index (χ0n) is 10.3. The van der Waals surface area contributed by atoms with E-state index in [1.807, 2.05) is 43.9 Å². The van der Waals surface area contributed by atoms with E-state index in [1.54, 1.807) is 0 Å². The third-order valence-corrected chi connectivity index (χ3v) is 3.40. The molecule has 2 N–H and O–H groups in total. The van der Waals surface area contributed by atoms with Crippen molar-refractivity contribution >= 4 is 11.6 Å². The summed E-state index contributed by atoms with van der Waals surface area (Å²) in [5.74, 6) is 0. The topological polar surface area (TPSA) is 48.8 Å². The molecule has 1 atom stereocenters. The Hall–Kier alpha value is -1.26. The lowest BCUT2D eigenvalue weighted by atomic mass is 10.2. The van der Waals surface area contributed by atoms with Crippen molar-refractivity contribution in [2.45, 2.75) is 26.4 Å². The quantitative estimate of drug-likeness (QED) is 0.911. The smallest absolute Gasteiger partial charge is 0.0865 e. The van der Waals surface area contributed by atoms with Crippen LogP contribution in [0.3, 0.4) is 0 Å². The summed E-state index contributed by atoms with van der Waals surface area (Å²) >= 11 is 6.23. The maximum atomic E-state index is 6.23. The third-order valence-electron chi connectivity index (χ3n) is 2.91. The molecular formula is C12H17ClN4. The van der Waals surface area contributed by atoms with E-state index in [1.165, 1.54) is 0 Å². The standard InChI is InChI=1S/C12H17ClN4/c1-8(14)10-5-4-6-17(10)7-11-12(13)9(2)15-16(11)3/h4-6,8H,7,14H2,1-3H3. The number of nitrogens with two attached hydrogens (primary N) is 1. The van der Waals surface area contributed by atoms with Gasteiger partial charge in [-0.25, -0.2) is 0 Å². The van der Waals surface area contributed by atoms with Gasteiger partial charge in [-0.05, 0) is 26.0 Å². The van der Waals surface area contributed by atoms with Crippen molar-refractivity contribution in [1.29, 1.82) is 0 Å². The molecule has 0 aliphatic heterocycles. The number of aromatic nitrogens is 3. The summed E-state index contributed by atoms with van der Waals surface area (Å²) in [6.07, 6.45) is 2.01. The molecule has 4 nitrogen and oxygen atoms in total. The highest BCUT2D eigenvalue weighted by Gasteiger charge is 2.13. The number of rotatable bonds is 3. The Morgan fingerprint density at radius 1 is 1.53 bits per heavy atom. The lowest BCUT2D eigenvalue weighted by molar-refractivity contribution is 0.626. The van der Waals surface area contributed by atoms with Crippen LogP contribution in [0.2, 0.25) is 5.02 Å². The van der Waals surface area contributed by atoms with E-state index in [9.17, 15) is 0 Å². The van der Waals surface area contributed by atoms with E-state index in [-0.39, 0.29) is 6.04 Å². The van der Waals surface area contributed by atoms with Gasteiger partial charge in [0.05, 0.1) is 23.0 Å². The minimum Gasteiger partial charge on any atom is -0.344 e. The summed E-state index contributed by atoms with van der Waals surface area (Å²) in [4.78, 5) is 0. The zero-order valence-corrected chi connectivity index (χ0v) is 11.1. The van der Waals surface area contributed by atoms with Crippen LogP contribution in [-0.4, -0.2) is 14.3 Å². The van der Waals surface area contributed by atoms with E-state index in [2.05, 4.69) is 9.67 Å². The lowest BCUT2D eigenvalue weighted by Gasteiger charge is -2.12. The van der Waals surface area contributed by atoms with Crippen molar-refractivity contribution in [1.82, 2.24) is 14.3 Å². The van der Waals surface area contributed by atoms with Gasteiger partial charge in [-0.3, -0.25) is 4.68 Å². The maximum absolute atomic E-state index is 6.23. The molecule has 2 aromatic rings. The Morgan fingerprint density at radius 3 is 2.76 bits per heavy atom. The molecular weight excluding hydrogens is 236 g/mol. The number of nitrogens with zero attached hydrogens (tertiary/aromatic N) is 3. The Morgan fingerprint density at radius 2 is 2.24 bits per heavy atom. The molecule has 92 valence electrons. The summed E-state index contributed by atoms with van der Waals surface area (Å²) < 4.78 is 3.93. The summed E-state index contributed by atoms with van der Waals surface area (Å²) in [5, 5.41) is 5.04. The monoisotopic (exact) mass is 252 g/mol. The molecule has 0 saturated heterocycles. The predicted octanol–water partition coefficient (Wildman–Crippen LogP) is 2.25. The van der Waals surface area contributed by atoms with Crippen LogP contribution in [0.15, 0.2) is 18.3 Å². The number of aryl methyl sites for hydroxylation is 2. The van der Waals surface area contributed by atoms with Crippen LogP contribution >= 0.6 is 11.6 Å². The Labute approximate surface area is 106 Å². The summed E-state index contributed by atoms with van der Waals surface area (Å²) in [6.45, 7) is 4.58. The number of hydrogen-bond acceptors (Lipinski definition) is 2. The van der Waals surface area contributed by atoms with Crippen LogP contribution in [0.1, 0.15) is 30.0 Å². The van der Waals surface area contributed by atoms with Crippen LogP contribution in [0.25, 0.3) is 0 Å². The molecule has 0 amide bonds. The van der Waals surface area contributed by atoms with Crippen LogP contribution in [0.4, 0.5) is 0 Å². The highest BCUT2D eigenvalue weighted by molar-refractivity contribution is 6.31.